The van der Waals surface area contributed by atoms with E-state index in [1.165, 1.54) is 238 Å². The Labute approximate surface area is 406 Å². The van der Waals surface area contributed by atoms with E-state index in [9.17, 15) is 19.8 Å². The number of unbranched alkanes of at least 4 members (excludes halogenated alkanes) is 40. The number of hydrogen-bond donors (Lipinski definition) is 3. The number of rotatable bonds is 54. The van der Waals surface area contributed by atoms with E-state index in [2.05, 4.69) is 38.2 Å². The predicted molar refractivity (Wildman–Crippen MR) is 283 cm³/mol. The molecule has 0 aliphatic carbocycles. The van der Waals surface area contributed by atoms with E-state index in [4.69, 9.17) is 4.74 Å². The van der Waals surface area contributed by atoms with E-state index in [1.807, 2.05) is 0 Å². The van der Waals surface area contributed by atoms with Gasteiger partial charge in [-0.1, -0.05) is 277 Å². The van der Waals surface area contributed by atoms with Gasteiger partial charge in [-0.05, 0) is 51.4 Å². The molecule has 0 radical (unpaired) electrons. The molecule has 0 heterocycles. The molecular weight excluding hydrogens is 803 g/mol. The molecule has 0 bridgehead atoms. The number of ether oxygens (including phenoxy) is 1. The predicted octanol–water partition coefficient (Wildman–Crippen LogP) is 18.1. The number of amides is 1. The van der Waals surface area contributed by atoms with Crippen LogP contribution in [0.4, 0.5) is 0 Å². The number of carbonyl (C=O) groups excluding carboxylic acids is 2. The van der Waals surface area contributed by atoms with Gasteiger partial charge in [0.05, 0.1) is 25.2 Å². The SMILES string of the molecule is CCCCCC/C=C\CCCCCCCCCC(=O)OC(CCCCCCCCCCCCCCCC)CC(=O)NC(CO)C(O)CCCCCCCCCCCCCCCCCCC. The lowest BCUT2D eigenvalue weighted by Crippen LogP contribution is -2.46. The molecule has 0 saturated carbocycles. The number of esters is 1. The normalized spacial score (nSPS) is 13.1. The number of aliphatic hydroxyl groups excluding tert-OH is 2. The summed E-state index contributed by atoms with van der Waals surface area (Å²) in [5.74, 6) is -0.455. The first-order valence-corrected chi connectivity index (χ1v) is 29.4. The lowest BCUT2D eigenvalue weighted by Gasteiger charge is -2.24. The van der Waals surface area contributed by atoms with Crippen LogP contribution in [0.5, 0.6) is 0 Å². The van der Waals surface area contributed by atoms with E-state index in [0.717, 1.165) is 44.9 Å². The molecular formula is C59H115NO5. The van der Waals surface area contributed by atoms with Crippen LogP contribution in [-0.2, 0) is 14.3 Å². The van der Waals surface area contributed by atoms with Crippen molar-refractivity contribution < 1.29 is 24.5 Å². The van der Waals surface area contributed by atoms with E-state index >= 15 is 0 Å². The average Bonchev–Trinajstić information content (AvgIpc) is 3.30. The van der Waals surface area contributed by atoms with Gasteiger partial charge in [0.1, 0.15) is 6.10 Å². The fourth-order valence-electron chi connectivity index (χ4n) is 9.37. The summed E-state index contributed by atoms with van der Waals surface area (Å²) in [4.78, 5) is 26.3. The molecule has 3 atom stereocenters. The Morgan fingerprint density at radius 3 is 1.11 bits per heavy atom. The highest BCUT2D eigenvalue weighted by atomic mass is 16.5. The molecule has 0 aliphatic heterocycles. The van der Waals surface area contributed by atoms with Gasteiger partial charge in [0, 0.05) is 6.42 Å². The minimum atomic E-state index is -0.783. The Bertz CT molecular complexity index is 986. The Hall–Kier alpha value is -1.40. The maximum Gasteiger partial charge on any atom is 0.306 e. The number of aliphatic hydroxyl groups is 2. The van der Waals surface area contributed by atoms with Gasteiger partial charge in [-0.3, -0.25) is 9.59 Å². The van der Waals surface area contributed by atoms with Crippen LogP contribution in [0.2, 0.25) is 0 Å². The first-order chi connectivity index (χ1) is 32.0. The standard InChI is InChI=1S/C59H115NO5/c1-4-7-10-13-16-19-22-25-28-29-31-33-36-39-42-45-48-51-57(62)56(54-61)60-58(63)53-55(50-47-44-41-38-35-32-27-24-21-18-15-12-9-6-3)65-59(64)52-49-46-43-40-37-34-30-26-23-20-17-14-11-8-5-2/h20,23,55-57,61-62H,4-19,21-22,24-54H2,1-3H3,(H,60,63)/b23-20-. The van der Waals surface area contributed by atoms with Gasteiger partial charge in [-0.15, -0.1) is 0 Å². The summed E-state index contributed by atoms with van der Waals surface area (Å²) in [6.07, 6.45) is 61.3. The molecule has 0 aromatic heterocycles. The largest absolute Gasteiger partial charge is 0.462 e. The van der Waals surface area contributed by atoms with Crippen LogP contribution in [0.25, 0.3) is 0 Å². The second-order valence-electron chi connectivity index (χ2n) is 20.4. The summed E-state index contributed by atoms with van der Waals surface area (Å²) >= 11 is 0. The highest BCUT2D eigenvalue weighted by Gasteiger charge is 2.24. The van der Waals surface area contributed by atoms with E-state index in [1.54, 1.807) is 0 Å². The zero-order valence-corrected chi connectivity index (χ0v) is 44.2. The molecule has 3 unspecified atom stereocenters. The van der Waals surface area contributed by atoms with Crippen molar-refractivity contribution in [2.45, 2.75) is 347 Å². The summed E-state index contributed by atoms with van der Waals surface area (Å²) in [5.41, 5.74) is 0. The fraction of sp³-hybridized carbons (Fsp3) is 0.932. The van der Waals surface area contributed by atoms with Crippen LogP contribution in [0.15, 0.2) is 12.2 Å². The smallest absolute Gasteiger partial charge is 0.306 e. The summed E-state index contributed by atoms with van der Waals surface area (Å²) in [7, 11) is 0. The zero-order chi connectivity index (χ0) is 47.4. The lowest BCUT2D eigenvalue weighted by atomic mass is 10.0. The average molecular weight is 919 g/mol. The zero-order valence-electron chi connectivity index (χ0n) is 44.2. The third-order valence-electron chi connectivity index (χ3n) is 13.8. The molecule has 0 aromatic carbocycles. The maximum absolute atomic E-state index is 13.3. The Morgan fingerprint density at radius 2 is 0.738 bits per heavy atom. The molecule has 0 spiro atoms. The van der Waals surface area contributed by atoms with Crippen molar-refractivity contribution in [3.63, 3.8) is 0 Å². The van der Waals surface area contributed by atoms with Gasteiger partial charge < -0.3 is 20.3 Å². The highest BCUT2D eigenvalue weighted by molar-refractivity contribution is 5.77. The third-order valence-corrected chi connectivity index (χ3v) is 13.8. The molecule has 0 saturated heterocycles. The summed E-state index contributed by atoms with van der Waals surface area (Å²) < 4.78 is 5.96. The number of nitrogens with one attached hydrogen (secondary N) is 1. The molecule has 1 amide bonds. The molecule has 386 valence electrons. The number of carbonyl (C=O) groups is 2. The minimum absolute atomic E-state index is 0.0839. The van der Waals surface area contributed by atoms with Gasteiger partial charge >= 0.3 is 5.97 Å². The second kappa shape index (κ2) is 53.6. The van der Waals surface area contributed by atoms with Gasteiger partial charge in [0.15, 0.2) is 0 Å². The van der Waals surface area contributed by atoms with Crippen molar-refractivity contribution in [2.75, 3.05) is 6.61 Å². The van der Waals surface area contributed by atoms with Crippen LogP contribution in [0.1, 0.15) is 329 Å². The molecule has 0 aliphatic rings. The molecule has 0 rings (SSSR count). The quantitative estimate of drug-likeness (QED) is 0.0321. The summed E-state index contributed by atoms with van der Waals surface area (Å²) in [6.45, 7) is 6.52. The van der Waals surface area contributed by atoms with Crippen molar-refractivity contribution in [1.29, 1.82) is 0 Å². The fourth-order valence-corrected chi connectivity index (χ4v) is 9.37. The van der Waals surface area contributed by atoms with E-state index in [0.29, 0.717) is 19.3 Å². The van der Waals surface area contributed by atoms with Crippen molar-refractivity contribution >= 4 is 11.9 Å². The van der Waals surface area contributed by atoms with Gasteiger partial charge in [-0.25, -0.2) is 0 Å². The van der Waals surface area contributed by atoms with Gasteiger partial charge in [0.25, 0.3) is 0 Å². The van der Waals surface area contributed by atoms with Crippen LogP contribution in [0.3, 0.4) is 0 Å². The van der Waals surface area contributed by atoms with Crippen molar-refractivity contribution in [1.82, 2.24) is 5.32 Å². The first kappa shape index (κ1) is 63.6. The topological polar surface area (TPSA) is 95.9 Å². The molecule has 3 N–H and O–H groups in total. The Kier molecular flexibility index (Phi) is 52.4. The van der Waals surface area contributed by atoms with E-state index < -0.39 is 18.2 Å². The van der Waals surface area contributed by atoms with Crippen molar-refractivity contribution in [3.05, 3.63) is 12.2 Å². The minimum Gasteiger partial charge on any atom is -0.462 e. The molecule has 0 aromatic rings. The second-order valence-corrected chi connectivity index (χ2v) is 20.4. The monoisotopic (exact) mass is 918 g/mol. The van der Waals surface area contributed by atoms with Crippen LogP contribution in [0, 0.1) is 0 Å². The highest BCUT2D eigenvalue weighted by Crippen LogP contribution is 2.19. The summed E-state index contributed by atoms with van der Waals surface area (Å²) in [5, 5.41) is 23.9. The molecule has 6 nitrogen and oxygen atoms in total. The van der Waals surface area contributed by atoms with Crippen molar-refractivity contribution in [2.24, 2.45) is 0 Å². The van der Waals surface area contributed by atoms with Crippen LogP contribution < -0.4 is 5.32 Å². The van der Waals surface area contributed by atoms with E-state index in [-0.39, 0.29) is 24.9 Å². The maximum atomic E-state index is 13.3. The van der Waals surface area contributed by atoms with Crippen LogP contribution in [-0.4, -0.2) is 46.9 Å². The molecule has 65 heavy (non-hydrogen) atoms. The van der Waals surface area contributed by atoms with Crippen LogP contribution >= 0.6 is 0 Å². The number of hydrogen-bond acceptors (Lipinski definition) is 5. The van der Waals surface area contributed by atoms with Crippen molar-refractivity contribution in [3.8, 4) is 0 Å². The molecule has 0 fully saturated rings. The van der Waals surface area contributed by atoms with Gasteiger partial charge in [0.2, 0.25) is 5.91 Å². The Balaban J connectivity index is 4.47. The Morgan fingerprint density at radius 1 is 0.431 bits per heavy atom. The first-order valence-electron chi connectivity index (χ1n) is 29.4. The summed E-state index contributed by atoms with van der Waals surface area (Å²) in [6, 6.07) is -0.697. The lowest BCUT2D eigenvalue weighted by molar-refractivity contribution is -0.151. The third kappa shape index (κ3) is 48.9. The number of allylic oxidation sites excluding steroid dienone is 2. The molecule has 6 heteroatoms. The van der Waals surface area contributed by atoms with Gasteiger partial charge in [-0.2, -0.15) is 0 Å².